The number of rotatable bonds is 4. The molecule has 2 aromatic carbocycles. The van der Waals surface area contributed by atoms with Crippen molar-refractivity contribution in [2.24, 2.45) is 0 Å². The van der Waals surface area contributed by atoms with Crippen molar-refractivity contribution < 1.29 is 13.7 Å². The predicted molar refractivity (Wildman–Crippen MR) is 99.8 cm³/mol. The molecule has 0 spiro atoms. The van der Waals surface area contributed by atoms with Gasteiger partial charge in [-0.3, -0.25) is 4.79 Å². The number of hydrogen-bond donors (Lipinski definition) is 0. The van der Waals surface area contributed by atoms with E-state index < -0.39 is 0 Å². The maximum atomic E-state index is 13.4. The SMILES string of the molecule is Cc1cc(-c2noc(CCC(=O)N3c4ccccc4CC3C)n2)ccc1F. The second-order valence-electron chi connectivity index (χ2n) is 6.92. The number of hydrogen-bond acceptors (Lipinski definition) is 4. The first-order valence-corrected chi connectivity index (χ1v) is 9.02. The summed E-state index contributed by atoms with van der Waals surface area (Å²) in [6.45, 7) is 3.74. The van der Waals surface area contributed by atoms with Crippen LogP contribution >= 0.6 is 0 Å². The molecule has 0 radical (unpaired) electrons. The average molecular weight is 365 g/mol. The van der Waals surface area contributed by atoms with Gasteiger partial charge in [0.15, 0.2) is 0 Å². The summed E-state index contributed by atoms with van der Waals surface area (Å²) in [6, 6.07) is 12.8. The van der Waals surface area contributed by atoms with Gasteiger partial charge >= 0.3 is 0 Å². The first kappa shape index (κ1) is 17.4. The molecule has 0 fully saturated rings. The van der Waals surface area contributed by atoms with E-state index in [1.807, 2.05) is 23.1 Å². The molecule has 1 unspecified atom stereocenters. The van der Waals surface area contributed by atoms with E-state index in [1.54, 1.807) is 19.1 Å². The molecule has 0 N–H and O–H groups in total. The molecule has 1 amide bonds. The highest BCUT2D eigenvalue weighted by atomic mass is 19.1. The lowest BCUT2D eigenvalue weighted by molar-refractivity contribution is -0.118. The lowest BCUT2D eigenvalue weighted by Crippen LogP contribution is -2.35. The maximum absolute atomic E-state index is 13.4. The summed E-state index contributed by atoms with van der Waals surface area (Å²) in [5.41, 5.74) is 3.40. The Labute approximate surface area is 156 Å². The van der Waals surface area contributed by atoms with E-state index in [0.717, 1.165) is 12.1 Å². The Morgan fingerprint density at radius 3 is 2.93 bits per heavy atom. The lowest BCUT2D eigenvalue weighted by Gasteiger charge is -2.22. The van der Waals surface area contributed by atoms with Crippen LogP contribution in [0.2, 0.25) is 0 Å². The molecule has 3 aromatic rings. The largest absolute Gasteiger partial charge is 0.339 e. The number of carbonyl (C=O) groups excluding carboxylic acids is 1. The highest BCUT2D eigenvalue weighted by Gasteiger charge is 2.30. The minimum atomic E-state index is -0.270. The van der Waals surface area contributed by atoms with Crippen LogP contribution in [-0.4, -0.2) is 22.1 Å². The molecule has 0 aliphatic carbocycles. The topological polar surface area (TPSA) is 59.2 Å². The van der Waals surface area contributed by atoms with Crippen molar-refractivity contribution in [1.82, 2.24) is 10.1 Å². The molecule has 1 atom stereocenters. The molecule has 1 aliphatic heterocycles. The van der Waals surface area contributed by atoms with Crippen molar-refractivity contribution in [3.8, 4) is 11.4 Å². The fourth-order valence-corrected chi connectivity index (χ4v) is 3.54. The van der Waals surface area contributed by atoms with Gasteiger partial charge in [0.1, 0.15) is 5.82 Å². The quantitative estimate of drug-likeness (QED) is 0.699. The normalized spacial score (nSPS) is 15.8. The van der Waals surface area contributed by atoms with E-state index in [2.05, 4.69) is 23.1 Å². The van der Waals surface area contributed by atoms with Crippen LogP contribution < -0.4 is 4.90 Å². The van der Waals surface area contributed by atoms with E-state index in [4.69, 9.17) is 4.52 Å². The number of fused-ring (bicyclic) bond motifs is 1. The van der Waals surface area contributed by atoms with Crippen LogP contribution in [0.1, 0.15) is 30.4 Å². The molecule has 4 rings (SSSR count). The van der Waals surface area contributed by atoms with E-state index in [-0.39, 0.29) is 17.8 Å². The summed E-state index contributed by atoms with van der Waals surface area (Å²) in [7, 11) is 0. The molecule has 0 saturated heterocycles. The molecule has 138 valence electrons. The Morgan fingerprint density at radius 1 is 1.30 bits per heavy atom. The number of aromatic nitrogens is 2. The van der Waals surface area contributed by atoms with Crippen LogP contribution in [-0.2, 0) is 17.6 Å². The van der Waals surface area contributed by atoms with Crippen LogP contribution in [0.3, 0.4) is 0 Å². The molecule has 0 saturated carbocycles. The second kappa shape index (κ2) is 6.95. The molecular formula is C21H20FN3O2. The van der Waals surface area contributed by atoms with Gasteiger partial charge in [-0.2, -0.15) is 4.98 Å². The van der Waals surface area contributed by atoms with Crippen LogP contribution in [0.4, 0.5) is 10.1 Å². The van der Waals surface area contributed by atoms with E-state index >= 15 is 0 Å². The molecule has 27 heavy (non-hydrogen) atoms. The smallest absolute Gasteiger partial charge is 0.227 e. The summed E-state index contributed by atoms with van der Waals surface area (Å²) < 4.78 is 18.7. The van der Waals surface area contributed by atoms with Gasteiger partial charge in [0.25, 0.3) is 0 Å². The first-order valence-electron chi connectivity index (χ1n) is 9.02. The van der Waals surface area contributed by atoms with Gasteiger partial charge in [0.2, 0.25) is 17.6 Å². The Morgan fingerprint density at radius 2 is 2.11 bits per heavy atom. The van der Waals surface area contributed by atoms with Gasteiger partial charge in [0, 0.05) is 30.1 Å². The van der Waals surface area contributed by atoms with Crippen molar-refractivity contribution in [3.05, 3.63) is 65.3 Å². The zero-order chi connectivity index (χ0) is 19.0. The Hall–Kier alpha value is -3.02. The minimum Gasteiger partial charge on any atom is -0.339 e. The van der Waals surface area contributed by atoms with Crippen LogP contribution in [0.15, 0.2) is 47.0 Å². The van der Waals surface area contributed by atoms with Gasteiger partial charge in [0.05, 0.1) is 0 Å². The zero-order valence-corrected chi connectivity index (χ0v) is 15.3. The van der Waals surface area contributed by atoms with Crippen LogP contribution in [0.5, 0.6) is 0 Å². The Balaban J connectivity index is 1.44. The fourth-order valence-electron chi connectivity index (χ4n) is 3.54. The van der Waals surface area contributed by atoms with Gasteiger partial charge in [-0.25, -0.2) is 4.39 Å². The van der Waals surface area contributed by atoms with Crippen molar-refractivity contribution in [3.63, 3.8) is 0 Å². The number of nitrogens with zero attached hydrogens (tertiary/aromatic N) is 3. The fraction of sp³-hybridized carbons (Fsp3) is 0.286. The zero-order valence-electron chi connectivity index (χ0n) is 15.3. The van der Waals surface area contributed by atoms with E-state index in [1.165, 1.54) is 11.6 Å². The number of anilines is 1. The van der Waals surface area contributed by atoms with Gasteiger partial charge in [-0.05, 0) is 55.7 Å². The average Bonchev–Trinajstić information content (AvgIpc) is 3.25. The minimum absolute atomic E-state index is 0.0461. The highest BCUT2D eigenvalue weighted by Crippen LogP contribution is 2.32. The van der Waals surface area contributed by atoms with Crippen molar-refractivity contribution >= 4 is 11.6 Å². The number of amides is 1. The van der Waals surface area contributed by atoms with Crippen molar-refractivity contribution in [1.29, 1.82) is 0 Å². The summed E-state index contributed by atoms with van der Waals surface area (Å²) >= 11 is 0. The van der Waals surface area contributed by atoms with E-state index in [0.29, 0.717) is 35.7 Å². The highest BCUT2D eigenvalue weighted by molar-refractivity contribution is 5.96. The Kier molecular flexibility index (Phi) is 4.48. The third-order valence-corrected chi connectivity index (χ3v) is 4.91. The monoisotopic (exact) mass is 365 g/mol. The number of benzene rings is 2. The summed E-state index contributed by atoms with van der Waals surface area (Å²) in [4.78, 5) is 18.9. The molecule has 5 nitrogen and oxygen atoms in total. The number of aryl methyl sites for hydroxylation is 2. The maximum Gasteiger partial charge on any atom is 0.227 e. The van der Waals surface area contributed by atoms with Gasteiger partial charge < -0.3 is 9.42 Å². The molecule has 1 aliphatic rings. The summed E-state index contributed by atoms with van der Waals surface area (Å²) in [6.07, 6.45) is 1.54. The van der Waals surface area contributed by atoms with Gasteiger partial charge in [-0.15, -0.1) is 0 Å². The molecule has 0 bridgehead atoms. The number of carbonyl (C=O) groups is 1. The van der Waals surface area contributed by atoms with Gasteiger partial charge in [-0.1, -0.05) is 23.4 Å². The standard InChI is InChI=1S/C21H20FN3O2/c1-13-11-16(7-8-17(13)22)21-23-19(27-24-21)9-10-20(26)25-14(2)12-15-5-3-4-6-18(15)25/h3-8,11,14H,9-10,12H2,1-2H3. The van der Waals surface area contributed by atoms with E-state index in [9.17, 15) is 9.18 Å². The van der Waals surface area contributed by atoms with Crippen molar-refractivity contribution in [2.45, 2.75) is 39.2 Å². The Bertz CT molecular complexity index is 999. The molecule has 1 aromatic heterocycles. The van der Waals surface area contributed by atoms with Crippen LogP contribution in [0, 0.1) is 12.7 Å². The predicted octanol–water partition coefficient (Wildman–Crippen LogP) is 4.09. The third kappa shape index (κ3) is 3.35. The molecule has 6 heteroatoms. The third-order valence-electron chi connectivity index (χ3n) is 4.91. The van der Waals surface area contributed by atoms with Crippen molar-refractivity contribution in [2.75, 3.05) is 4.90 Å². The number of para-hydroxylation sites is 1. The summed E-state index contributed by atoms with van der Waals surface area (Å²) in [5, 5.41) is 3.95. The molecule has 2 heterocycles. The first-order chi connectivity index (χ1) is 13.0. The second-order valence-corrected chi connectivity index (χ2v) is 6.92. The number of halogens is 1. The lowest BCUT2D eigenvalue weighted by atomic mass is 10.1. The molecular weight excluding hydrogens is 345 g/mol. The summed E-state index contributed by atoms with van der Waals surface area (Å²) in [5.74, 6) is 0.582. The van der Waals surface area contributed by atoms with Crippen LogP contribution in [0.25, 0.3) is 11.4 Å².